The smallest absolute Gasteiger partial charge is 0.362 e. The van der Waals surface area contributed by atoms with Gasteiger partial charge in [-0.15, -0.1) is 0 Å². The number of hydrogen-bond acceptors (Lipinski definition) is 4. The van der Waals surface area contributed by atoms with E-state index >= 15 is 0 Å². The molecule has 0 aliphatic carbocycles. The minimum Gasteiger partial charge on any atom is -0.376 e. The molecule has 15 heavy (non-hydrogen) atoms. The zero-order chi connectivity index (χ0) is 11.5. The number of aliphatic hydroxyl groups is 1. The average molecular weight is 230 g/mol. The molecule has 0 aromatic heterocycles. The number of benzene rings is 1. The first-order chi connectivity index (χ1) is 7.03. The molecule has 0 saturated heterocycles. The van der Waals surface area contributed by atoms with Crippen molar-refractivity contribution >= 4 is 7.60 Å². The van der Waals surface area contributed by atoms with Gasteiger partial charge in [0.1, 0.15) is 0 Å². The van der Waals surface area contributed by atoms with E-state index in [9.17, 15) is 9.67 Å². The van der Waals surface area contributed by atoms with Crippen LogP contribution in [0.2, 0.25) is 0 Å². The Hall–Kier alpha value is -0.670. The Labute approximate surface area is 89.4 Å². The molecule has 1 aromatic rings. The molecule has 0 aliphatic heterocycles. The van der Waals surface area contributed by atoms with Crippen molar-refractivity contribution in [2.75, 3.05) is 14.2 Å². The molecule has 0 bridgehead atoms. The highest BCUT2D eigenvalue weighted by Crippen LogP contribution is 2.58. The Balaban J connectivity index is 3.03. The lowest BCUT2D eigenvalue weighted by atomic mass is 10.1. The summed E-state index contributed by atoms with van der Waals surface area (Å²) in [7, 11) is -0.952. The number of hydrogen-bond donors (Lipinski definition) is 1. The molecular formula is C10H15O4P. The van der Waals surface area contributed by atoms with E-state index in [0.717, 1.165) is 5.56 Å². The fourth-order valence-electron chi connectivity index (χ4n) is 1.29. The van der Waals surface area contributed by atoms with E-state index < -0.39 is 13.4 Å². The van der Waals surface area contributed by atoms with Crippen LogP contribution >= 0.6 is 7.60 Å². The van der Waals surface area contributed by atoms with E-state index in [1.807, 2.05) is 13.0 Å². The molecular weight excluding hydrogens is 215 g/mol. The van der Waals surface area contributed by atoms with Gasteiger partial charge in [-0.1, -0.05) is 29.8 Å². The lowest BCUT2D eigenvalue weighted by Crippen LogP contribution is -2.02. The summed E-state index contributed by atoms with van der Waals surface area (Å²) in [6, 6.07) is 7.10. The van der Waals surface area contributed by atoms with E-state index in [0.29, 0.717) is 5.56 Å². The van der Waals surface area contributed by atoms with Crippen molar-refractivity contribution in [1.29, 1.82) is 0 Å². The Morgan fingerprint density at radius 1 is 1.33 bits per heavy atom. The standard InChI is InChI=1S/C10H15O4P/c1-8-5-4-6-9(7-8)10(11)15(12,13-2)14-3/h4-7,10-11H,1-3H3/t10-/m1/s1. The number of aliphatic hydroxyl groups excluding tert-OH is 1. The average Bonchev–Trinajstić information content (AvgIpc) is 2.27. The molecule has 0 unspecified atom stereocenters. The molecule has 4 nitrogen and oxygen atoms in total. The van der Waals surface area contributed by atoms with Crippen molar-refractivity contribution in [3.05, 3.63) is 35.4 Å². The van der Waals surface area contributed by atoms with E-state index in [-0.39, 0.29) is 0 Å². The first-order valence-corrected chi connectivity index (χ1v) is 6.10. The zero-order valence-corrected chi connectivity index (χ0v) is 9.90. The monoisotopic (exact) mass is 230 g/mol. The van der Waals surface area contributed by atoms with Crippen molar-refractivity contribution in [3.63, 3.8) is 0 Å². The normalized spacial score (nSPS) is 13.9. The molecule has 0 aliphatic rings. The van der Waals surface area contributed by atoms with Gasteiger partial charge in [-0.05, 0) is 12.5 Å². The van der Waals surface area contributed by atoms with E-state index in [1.54, 1.807) is 18.2 Å². The third-order valence-corrected chi connectivity index (χ3v) is 4.06. The highest BCUT2D eigenvalue weighted by atomic mass is 31.2. The summed E-state index contributed by atoms with van der Waals surface area (Å²) in [6.07, 6.45) is 0. The SMILES string of the molecule is COP(=O)(OC)[C@@H](O)c1cccc(C)c1. The topological polar surface area (TPSA) is 55.8 Å². The van der Waals surface area contributed by atoms with Gasteiger partial charge in [0.05, 0.1) is 0 Å². The van der Waals surface area contributed by atoms with Crippen molar-refractivity contribution in [2.24, 2.45) is 0 Å². The van der Waals surface area contributed by atoms with Crippen LogP contribution < -0.4 is 0 Å². The van der Waals surface area contributed by atoms with Crippen LogP contribution in [-0.4, -0.2) is 19.3 Å². The summed E-state index contributed by atoms with van der Waals surface area (Å²) >= 11 is 0. The van der Waals surface area contributed by atoms with Gasteiger partial charge in [-0.2, -0.15) is 0 Å². The predicted molar refractivity (Wildman–Crippen MR) is 57.8 cm³/mol. The summed E-state index contributed by atoms with van der Waals surface area (Å²) in [5, 5.41) is 9.85. The van der Waals surface area contributed by atoms with Crippen LogP contribution in [0.15, 0.2) is 24.3 Å². The number of rotatable bonds is 4. The molecule has 1 atom stereocenters. The molecule has 0 heterocycles. The Morgan fingerprint density at radius 3 is 2.40 bits per heavy atom. The van der Waals surface area contributed by atoms with Crippen LogP contribution in [0.3, 0.4) is 0 Å². The lowest BCUT2D eigenvalue weighted by molar-refractivity contribution is 0.176. The second kappa shape index (κ2) is 4.90. The van der Waals surface area contributed by atoms with Crippen molar-refractivity contribution in [2.45, 2.75) is 12.8 Å². The van der Waals surface area contributed by atoms with Gasteiger partial charge < -0.3 is 14.2 Å². The summed E-state index contributed by atoms with van der Waals surface area (Å²) in [6.45, 7) is 1.89. The van der Waals surface area contributed by atoms with Crippen molar-refractivity contribution in [3.8, 4) is 0 Å². The van der Waals surface area contributed by atoms with Gasteiger partial charge in [0.2, 0.25) is 0 Å². The third-order valence-electron chi connectivity index (χ3n) is 2.15. The predicted octanol–water partition coefficient (Wildman–Crippen LogP) is 2.47. The number of aryl methyl sites for hydroxylation is 1. The van der Waals surface area contributed by atoms with Gasteiger partial charge in [0.25, 0.3) is 0 Å². The molecule has 0 spiro atoms. The molecule has 0 fully saturated rings. The molecule has 0 saturated carbocycles. The second-order valence-corrected chi connectivity index (χ2v) is 5.49. The molecule has 1 rings (SSSR count). The van der Waals surface area contributed by atoms with E-state index in [4.69, 9.17) is 9.05 Å². The van der Waals surface area contributed by atoms with Gasteiger partial charge >= 0.3 is 7.60 Å². The van der Waals surface area contributed by atoms with Crippen molar-refractivity contribution < 1.29 is 18.7 Å². The molecule has 84 valence electrons. The molecule has 1 N–H and O–H groups in total. The third kappa shape index (κ3) is 2.67. The van der Waals surface area contributed by atoms with Crippen LogP contribution in [0.1, 0.15) is 17.0 Å². The highest BCUT2D eigenvalue weighted by Gasteiger charge is 2.33. The minimum atomic E-state index is -3.46. The fraction of sp³-hybridized carbons (Fsp3) is 0.400. The second-order valence-electron chi connectivity index (χ2n) is 3.19. The Kier molecular flexibility index (Phi) is 4.05. The van der Waals surface area contributed by atoms with Gasteiger partial charge in [-0.3, -0.25) is 4.57 Å². The molecule has 5 heteroatoms. The highest BCUT2D eigenvalue weighted by molar-refractivity contribution is 7.53. The summed E-state index contributed by atoms with van der Waals surface area (Å²) in [5.41, 5.74) is 1.51. The van der Waals surface area contributed by atoms with Crippen LogP contribution in [0.5, 0.6) is 0 Å². The Bertz CT molecular complexity index is 369. The molecule has 0 amide bonds. The fourth-order valence-corrected chi connectivity index (χ4v) is 2.36. The van der Waals surface area contributed by atoms with Gasteiger partial charge in [-0.25, -0.2) is 0 Å². The van der Waals surface area contributed by atoms with Crippen LogP contribution in [-0.2, 0) is 13.6 Å². The molecule has 0 radical (unpaired) electrons. The van der Waals surface area contributed by atoms with E-state index in [2.05, 4.69) is 0 Å². The summed E-state index contributed by atoms with van der Waals surface area (Å²) in [5.74, 6) is -1.24. The molecule has 1 aromatic carbocycles. The van der Waals surface area contributed by atoms with Gasteiger partial charge in [0.15, 0.2) is 5.85 Å². The van der Waals surface area contributed by atoms with Crippen LogP contribution in [0.4, 0.5) is 0 Å². The maximum atomic E-state index is 11.9. The maximum absolute atomic E-state index is 11.9. The Morgan fingerprint density at radius 2 is 1.93 bits per heavy atom. The first kappa shape index (κ1) is 12.4. The minimum absolute atomic E-state index is 0.530. The van der Waals surface area contributed by atoms with Crippen molar-refractivity contribution in [1.82, 2.24) is 0 Å². The quantitative estimate of drug-likeness (QED) is 0.807. The van der Waals surface area contributed by atoms with Crippen LogP contribution in [0.25, 0.3) is 0 Å². The van der Waals surface area contributed by atoms with E-state index in [1.165, 1.54) is 14.2 Å². The zero-order valence-electron chi connectivity index (χ0n) is 9.01. The maximum Gasteiger partial charge on any atom is 0.362 e. The van der Waals surface area contributed by atoms with Crippen LogP contribution in [0, 0.1) is 6.92 Å². The van der Waals surface area contributed by atoms with Gasteiger partial charge in [0, 0.05) is 14.2 Å². The first-order valence-electron chi connectivity index (χ1n) is 4.49. The largest absolute Gasteiger partial charge is 0.376 e. The lowest BCUT2D eigenvalue weighted by Gasteiger charge is -2.20. The summed E-state index contributed by atoms with van der Waals surface area (Å²) < 4.78 is 21.3. The summed E-state index contributed by atoms with van der Waals surface area (Å²) in [4.78, 5) is 0.